The lowest BCUT2D eigenvalue weighted by molar-refractivity contribution is 0.0270. The predicted octanol–water partition coefficient (Wildman–Crippen LogP) is 3.39. The Morgan fingerprint density at radius 3 is 2.62 bits per heavy atom. The number of ether oxygens (including phenoxy) is 1. The van der Waals surface area contributed by atoms with Gasteiger partial charge in [-0.1, -0.05) is 36.6 Å². The van der Waals surface area contributed by atoms with E-state index in [9.17, 15) is 5.11 Å². The van der Waals surface area contributed by atoms with Gasteiger partial charge in [0.05, 0.1) is 19.3 Å². The van der Waals surface area contributed by atoms with Crippen LogP contribution in [0.2, 0.25) is 5.02 Å². The standard InChI is InChI=1S/C17H26ClNO2/c1-13(15-4-2-3-5-15)19-10-17(20)12-21-11-14-6-8-16(18)9-7-14/h6-9,13,15,17,19-20H,2-5,10-12H2,1H3. The van der Waals surface area contributed by atoms with Gasteiger partial charge in [0, 0.05) is 17.6 Å². The molecule has 0 heterocycles. The predicted molar refractivity (Wildman–Crippen MR) is 86.5 cm³/mol. The summed E-state index contributed by atoms with van der Waals surface area (Å²) in [4.78, 5) is 0. The molecule has 21 heavy (non-hydrogen) atoms. The largest absolute Gasteiger partial charge is 0.389 e. The van der Waals surface area contributed by atoms with Crippen molar-refractivity contribution in [1.82, 2.24) is 5.32 Å². The quantitative estimate of drug-likeness (QED) is 0.773. The van der Waals surface area contributed by atoms with E-state index in [1.54, 1.807) is 0 Å². The van der Waals surface area contributed by atoms with E-state index in [1.807, 2.05) is 24.3 Å². The van der Waals surface area contributed by atoms with Gasteiger partial charge in [0.1, 0.15) is 0 Å². The van der Waals surface area contributed by atoms with Gasteiger partial charge < -0.3 is 15.2 Å². The Kier molecular flexibility index (Phi) is 6.97. The van der Waals surface area contributed by atoms with Crippen LogP contribution in [0.4, 0.5) is 0 Å². The normalized spacial score (nSPS) is 18.8. The fraction of sp³-hybridized carbons (Fsp3) is 0.647. The molecule has 0 amide bonds. The number of aliphatic hydroxyl groups is 1. The van der Waals surface area contributed by atoms with Gasteiger partial charge in [-0.15, -0.1) is 0 Å². The molecule has 1 saturated carbocycles. The molecule has 1 fully saturated rings. The van der Waals surface area contributed by atoms with Crippen molar-refractivity contribution in [1.29, 1.82) is 0 Å². The molecule has 0 radical (unpaired) electrons. The van der Waals surface area contributed by atoms with E-state index in [1.165, 1.54) is 25.7 Å². The number of rotatable bonds is 8. The molecule has 2 unspecified atom stereocenters. The molecule has 1 aliphatic rings. The molecule has 1 aromatic rings. The van der Waals surface area contributed by atoms with Crippen molar-refractivity contribution in [3.63, 3.8) is 0 Å². The summed E-state index contributed by atoms with van der Waals surface area (Å²) in [6, 6.07) is 8.06. The van der Waals surface area contributed by atoms with E-state index in [4.69, 9.17) is 16.3 Å². The summed E-state index contributed by atoms with van der Waals surface area (Å²) in [6.07, 6.45) is 4.88. The zero-order valence-corrected chi connectivity index (χ0v) is 13.5. The van der Waals surface area contributed by atoms with E-state index in [0.717, 1.165) is 16.5 Å². The van der Waals surface area contributed by atoms with Crippen molar-refractivity contribution in [2.45, 2.75) is 51.4 Å². The van der Waals surface area contributed by atoms with Crippen molar-refractivity contribution in [2.24, 2.45) is 5.92 Å². The Bertz CT molecular complexity index is 404. The molecule has 118 valence electrons. The monoisotopic (exact) mass is 311 g/mol. The average Bonchev–Trinajstić information content (AvgIpc) is 3.01. The highest BCUT2D eigenvalue weighted by Gasteiger charge is 2.21. The Morgan fingerprint density at radius 2 is 1.95 bits per heavy atom. The first-order chi connectivity index (χ1) is 10.1. The highest BCUT2D eigenvalue weighted by atomic mass is 35.5. The van der Waals surface area contributed by atoms with Gasteiger partial charge in [0.2, 0.25) is 0 Å². The SMILES string of the molecule is CC(NCC(O)COCc1ccc(Cl)cc1)C1CCCC1. The number of nitrogens with one attached hydrogen (secondary N) is 1. The molecule has 2 atom stereocenters. The fourth-order valence-electron chi connectivity index (χ4n) is 2.90. The van der Waals surface area contributed by atoms with E-state index in [-0.39, 0.29) is 0 Å². The molecule has 3 nitrogen and oxygen atoms in total. The summed E-state index contributed by atoms with van der Waals surface area (Å²) < 4.78 is 5.55. The second kappa shape index (κ2) is 8.74. The number of hydrogen-bond acceptors (Lipinski definition) is 3. The van der Waals surface area contributed by atoms with Gasteiger partial charge in [-0.2, -0.15) is 0 Å². The summed E-state index contributed by atoms with van der Waals surface area (Å²) in [5, 5.41) is 14.1. The Balaban J connectivity index is 1.58. The lowest BCUT2D eigenvalue weighted by atomic mass is 10.00. The molecule has 0 aromatic heterocycles. The molecule has 1 aliphatic carbocycles. The number of aliphatic hydroxyl groups excluding tert-OH is 1. The van der Waals surface area contributed by atoms with Crippen LogP contribution in [0.15, 0.2) is 24.3 Å². The van der Waals surface area contributed by atoms with Crippen molar-refractivity contribution >= 4 is 11.6 Å². The van der Waals surface area contributed by atoms with Crippen LogP contribution in [0.1, 0.15) is 38.2 Å². The average molecular weight is 312 g/mol. The van der Waals surface area contributed by atoms with E-state index in [0.29, 0.717) is 25.8 Å². The summed E-state index contributed by atoms with van der Waals surface area (Å²) in [5.41, 5.74) is 1.07. The van der Waals surface area contributed by atoms with Gasteiger partial charge in [0.15, 0.2) is 0 Å². The van der Waals surface area contributed by atoms with Gasteiger partial charge in [0.25, 0.3) is 0 Å². The first-order valence-corrected chi connectivity index (χ1v) is 8.26. The maximum atomic E-state index is 9.95. The summed E-state index contributed by atoms with van der Waals surface area (Å²) >= 11 is 5.83. The molecule has 4 heteroatoms. The lowest BCUT2D eigenvalue weighted by Crippen LogP contribution is -2.39. The Hall–Kier alpha value is -0.610. The van der Waals surface area contributed by atoms with Crippen LogP contribution >= 0.6 is 11.6 Å². The minimum Gasteiger partial charge on any atom is -0.389 e. The smallest absolute Gasteiger partial charge is 0.0897 e. The van der Waals surface area contributed by atoms with Crippen LogP contribution < -0.4 is 5.32 Å². The maximum absolute atomic E-state index is 9.95. The van der Waals surface area contributed by atoms with Crippen molar-refractivity contribution in [3.8, 4) is 0 Å². The van der Waals surface area contributed by atoms with Crippen molar-refractivity contribution < 1.29 is 9.84 Å². The molecular weight excluding hydrogens is 286 g/mol. The van der Waals surface area contributed by atoms with Crippen LogP contribution in [-0.2, 0) is 11.3 Å². The second-order valence-electron chi connectivity index (χ2n) is 6.04. The van der Waals surface area contributed by atoms with Crippen molar-refractivity contribution in [3.05, 3.63) is 34.9 Å². The van der Waals surface area contributed by atoms with Crippen LogP contribution in [0, 0.1) is 5.92 Å². The van der Waals surface area contributed by atoms with Gasteiger partial charge in [-0.3, -0.25) is 0 Å². The number of hydrogen-bond donors (Lipinski definition) is 2. The highest BCUT2D eigenvalue weighted by molar-refractivity contribution is 6.30. The fourth-order valence-corrected chi connectivity index (χ4v) is 3.02. The molecule has 0 aliphatic heterocycles. The van der Waals surface area contributed by atoms with Crippen LogP contribution in [0.5, 0.6) is 0 Å². The minimum absolute atomic E-state index is 0.354. The molecule has 0 bridgehead atoms. The molecule has 2 rings (SSSR count). The van der Waals surface area contributed by atoms with Gasteiger partial charge >= 0.3 is 0 Å². The first kappa shape index (κ1) is 16.8. The van der Waals surface area contributed by atoms with E-state index >= 15 is 0 Å². The maximum Gasteiger partial charge on any atom is 0.0897 e. The summed E-state index contributed by atoms with van der Waals surface area (Å²) in [5.74, 6) is 0.771. The highest BCUT2D eigenvalue weighted by Crippen LogP contribution is 2.27. The van der Waals surface area contributed by atoms with Crippen LogP contribution in [-0.4, -0.2) is 30.4 Å². The molecule has 0 spiro atoms. The minimum atomic E-state index is -0.457. The molecular formula is C17H26ClNO2. The van der Waals surface area contributed by atoms with E-state index < -0.39 is 6.10 Å². The zero-order chi connectivity index (χ0) is 15.1. The molecule has 0 saturated heterocycles. The third-order valence-corrected chi connectivity index (χ3v) is 4.53. The topological polar surface area (TPSA) is 41.5 Å². The first-order valence-electron chi connectivity index (χ1n) is 7.89. The van der Waals surface area contributed by atoms with Gasteiger partial charge in [-0.25, -0.2) is 0 Å². The third kappa shape index (κ3) is 5.95. The van der Waals surface area contributed by atoms with Crippen molar-refractivity contribution in [2.75, 3.05) is 13.2 Å². The summed E-state index contributed by atoms with van der Waals surface area (Å²) in [6.45, 7) is 3.68. The third-order valence-electron chi connectivity index (χ3n) is 4.27. The number of benzene rings is 1. The molecule has 1 aromatic carbocycles. The summed E-state index contributed by atoms with van der Waals surface area (Å²) in [7, 11) is 0. The van der Waals surface area contributed by atoms with E-state index in [2.05, 4.69) is 12.2 Å². The zero-order valence-electron chi connectivity index (χ0n) is 12.7. The Labute approximate surface area is 132 Å². The second-order valence-corrected chi connectivity index (χ2v) is 6.47. The molecule has 2 N–H and O–H groups in total. The van der Waals surface area contributed by atoms with Crippen LogP contribution in [0.3, 0.4) is 0 Å². The number of halogens is 1. The lowest BCUT2D eigenvalue weighted by Gasteiger charge is -2.22. The van der Waals surface area contributed by atoms with Gasteiger partial charge in [-0.05, 0) is 43.4 Å². The Morgan fingerprint density at radius 1 is 1.29 bits per heavy atom. The van der Waals surface area contributed by atoms with Crippen LogP contribution in [0.25, 0.3) is 0 Å².